The highest BCUT2D eigenvalue weighted by molar-refractivity contribution is 6.33. The first kappa shape index (κ1) is 41.0. The summed E-state index contributed by atoms with van der Waals surface area (Å²) in [5.41, 5.74) is -2.34. The van der Waals surface area contributed by atoms with Crippen LogP contribution in [0.2, 0.25) is 5.02 Å². The molecule has 0 radical (unpaired) electrons. The Morgan fingerprint density at radius 1 is 0.649 bits per heavy atom. The first-order chi connectivity index (χ1) is 27.2. The highest BCUT2D eigenvalue weighted by atomic mass is 35.5. The van der Waals surface area contributed by atoms with Gasteiger partial charge in [-0.25, -0.2) is 0 Å². The number of rotatable bonds is 7. The Bertz CT molecular complexity index is 1890. The molecule has 3 amide bonds. The molecule has 4 fully saturated rings. The summed E-state index contributed by atoms with van der Waals surface area (Å²) in [5.74, 6) is -1.10. The lowest BCUT2D eigenvalue weighted by molar-refractivity contribution is -0.143. The summed E-state index contributed by atoms with van der Waals surface area (Å²) >= 11 is 6.34. The van der Waals surface area contributed by atoms with Crippen LogP contribution in [0.1, 0.15) is 75.9 Å². The number of likely N-dealkylation sites (tertiary alicyclic amines) is 3. The monoisotopic (exact) mass is 817 g/mol. The zero-order valence-corrected chi connectivity index (χ0v) is 32.2. The Labute approximate surface area is 333 Å². The van der Waals surface area contributed by atoms with Crippen LogP contribution in [0.5, 0.6) is 0 Å². The van der Waals surface area contributed by atoms with Crippen LogP contribution in [0.25, 0.3) is 0 Å². The number of amides is 3. The van der Waals surface area contributed by atoms with Gasteiger partial charge in [0.15, 0.2) is 0 Å². The molecule has 0 bridgehead atoms. The van der Waals surface area contributed by atoms with E-state index in [2.05, 4.69) is 9.80 Å². The molecule has 4 atom stereocenters. The molecule has 3 aromatic rings. The van der Waals surface area contributed by atoms with Gasteiger partial charge in [-0.1, -0.05) is 54.1 Å². The van der Waals surface area contributed by atoms with Crippen LogP contribution >= 0.6 is 11.6 Å². The van der Waals surface area contributed by atoms with Crippen molar-refractivity contribution in [1.82, 2.24) is 24.5 Å². The first-order valence-electron chi connectivity index (χ1n) is 19.6. The number of halogens is 7. The standard InChI is InChI=1S/C42H46ClF6N5O3/c43-36-11-5-4-10-35(36)39(56)54-15-7-6-12-37(54)40(57)52-16-13-33(27-52)51-20-18-50(19-21-51)32-14-17-53(34(26-32)22-28-8-2-1-3-9-28)38(55)29-23-30(41(44,45)46)25-31(24-29)42(47,48)49/h1-5,8-11,23-25,32-34,37H,6-7,12-22,26-27H2. The summed E-state index contributed by atoms with van der Waals surface area (Å²) in [4.78, 5) is 51.1. The number of hydrogen-bond donors (Lipinski definition) is 0. The van der Waals surface area contributed by atoms with Crippen molar-refractivity contribution in [3.63, 3.8) is 0 Å². The molecule has 57 heavy (non-hydrogen) atoms. The summed E-state index contributed by atoms with van der Waals surface area (Å²) in [5, 5.41) is 0.364. The molecule has 7 rings (SSSR count). The molecule has 4 aliphatic rings. The van der Waals surface area contributed by atoms with Gasteiger partial charge in [0.25, 0.3) is 11.8 Å². The molecule has 4 heterocycles. The van der Waals surface area contributed by atoms with Gasteiger partial charge in [-0.2, -0.15) is 26.3 Å². The Morgan fingerprint density at radius 3 is 1.91 bits per heavy atom. The smallest absolute Gasteiger partial charge is 0.339 e. The molecule has 0 aromatic heterocycles. The van der Waals surface area contributed by atoms with E-state index >= 15 is 0 Å². The van der Waals surface area contributed by atoms with Gasteiger partial charge in [0.2, 0.25) is 5.91 Å². The van der Waals surface area contributed by atoms with Crippen molar-refractivity contribution in [3.05, 3.63) is 106 Å². The lowest BCUT2D eigenvalue weighted by atomic mass is 9.90. The summed E-state index contributed by atoms with van der Waals surface area (Å²) in [6.45, 7) is 4.89. The molecule has 0 aliphatic carbocycles. The molecule has 8 nitrogen and oxygen atoms in total. The number of piperazine rings is 1. The van der Waals surface area contributed by atoms with E-state index in [1.54, 1.807) is 29.2 Å². The number of benzene rings is 3. The Balaban J connectivity index is 0.987. The van der Waals surface area contributed by atoms with Crippen LogP contribution in [0.4, 0.5) is 26.3 Å². The molecular weight excluding hydrogens is 772 g/mol. The first-order valence-corrected chi connectivity index (χ1v) is 20.0. The molecule has 0 spiro atoms. The molecule has 4 aliphatic heterocycles. The van der Waals surface area contributed by atoms with Crippen LogP contribution in [-0.4, -0.2) is 119 Å². The van der Waals surface area contributed by atoms with Gasteiger partial charge in [0.05, 0.1) is 21.7 Å². The second-order valence-electron chi connectivity index (χ2n) is 15.6. The second-order valence-corrected chi connectivity index (χ2v) is 16.0. The second kappa shape index (κ2) is 17.0. The minimum absolute atomic E-state index is 0.0261. The van der Waals surface area contributed by atoms with Gasteiger partial charge in [0.1, 0.15) is 6.04 Å². The number of nitrogens with zero attached hydrogens (tertiary/aromatic N) is 5. The van der Waals surface area contributed by atoms with E-state index in [0.29, 0.717) is 68.0 Å². The zero-order valence-electron chi connectivity index (χ0n) is 31.5. The Kier molecular flexibility index (Phi) is 12.2. The van der Waals surface area contributed by atoms with Crippen molar-refractivity contribution >= 4 is 29.3 Å². The molecule has 15 heteroatoms. The van der Waals surface area contributed by atoms with Crippen LogP contribution < -0.4 is 0 Å². The quantitative estimate of drug-likeness (QED) is 0.231. The third-order valence-corrected chi connectivity index (χ3v) is 12.4. The molecule has 4 unspecified atom stereocenters. The molecule has 4 saturated heterocycles. The third kappa shape index (κ3) is 9.28. The fourth-order valence-corrected chi connectivity index (χ4v) is 9.31. The topological polar surface area (TPSA) is 67.4 Å². The maximum atomic E-state index is 13.9. The van der Waals surface area contributed by atoms with E-state index in [1.807, 2.05) is 35.2 Å². The highest BCUT2D eigenvalue weighted by Crippen LogP contribution is 2.38. The van der Waals surface area contributed by atoms with Gasteiger partial charge in [-0.15, -0.1) is 0 Å². The van der Waals surface area contributed by atoms with Crippen molar-refractivity contribution in [2.24, 2.45) is 0 Å². The van der Waals surface area contributed by atoms with Crippen molar-refractivity contribution < 1.29 is 40.7 Å². The zero-order chi connectivity index (χ0) is 40.5. The SMILES string of the molecule is O=C(C1CCCCN1C(=O)c1ccccc1Cl)N1CCC(N2CCN(C3CCN(C(=O)c4cc(C(F)(F)F)cc(C(F)(F)F)c4)C(Cc4ccccc4)C3)CC2)C1. The normalized spacial score (nSPS) is 24.2. The van der Waals surface area contributed by atoms with Crippen LogP contribution in [0.15, 0.2) is 72.8 Å². The van der Waals surface area contributed by atoms with E-state index in [0.717, 1.165) is 51.0 Å². The average molecular weight is 818 g/mol. The van der Waals surface area contributed by atoms with E-state index in [-0.39, 0.29) is 36.5 Å². The van der Waals surface area contributed by atoms with Gasteiger partial charge in [-0.05, 0) is 80.8 Å². The van der Waals surface area contributed by atoms with Crippen molar-refractivity contribution in [3.8, 4) is 0 Å². The highest BCUT2D eigenvalue weighted by Gasteiger charge is 2.42. The Hall–Kier alpha value is -4.14. The summed E-state index contributed by atoms with van der Waals surface area (Å²) in [6, 6.07) is 16.6. The number of carbonyl (C=O) groups excluding carboxylic acids is 3. The largest absolute Gasteiger partial charge is 0.416 e. The molecular formula is C42H46ClF6N5O3. The lowest BCUT2D eigenvalue weighted by Gasteiger charge is -2.47. The summed E-state index contributed by atoms with van der Waals surface area (Å²) in [6.07, 6.45) is -5.55. The fourth-order valence-electron chi connectivity index (χ4n) is 9.09. The lowest BCUT2D eigenvalue weighted by Crippen LogP contribution is -2.58. The van der Waals surface area contributed by atoms with E-state index in [1.165, 1.54) is 4.90 Å². The van der Waals surface area contributed by atoms with Gasteiger partial charge < -0.3 is 14.7 Å². The number of alkyl halides is 6. The maximum Gasteiger partial charge on any atom is 0.416 e. The minimum atomic E-state index is -5.06. The van der Waals surface area contributed by atoms with E-state index < -0.39 is 47.0 Å². The van der Waals surface area contributed by atoms with Gasteiger partial charge in [-0.3, -0.25) is 24.2 Å². The van der Waals surface area contributed by atoms with Gasteiger partial charge >= 0.3 is 12.4 Å². The van der Waals surface area contributed by atoms with Crippen LogP contribution in [0, 0.1) is 0 Å². The average Bonchev–Trinajstić information content (AvgIpc) is 3.70. The van der Waals surface area contributed by atoms with Crippen LogP contribution in [0.3, 0.4) is 0 Å². The van der Waals surface area contributed by atoms with E-state index in [4.69, 9.17) is 11.6 Å². The summed E-state index contributed by atoms with van der Waals surface area (Å²) < 4.78 is 82.1. The van der Waals surface area contributed by atoms with Gasteiger partial charge in [0, 0.05) is 76.0 Å². The van der Waals surface area contributed by atoms with Crippen molar-refractivity contribution in [2.45, 2.75) is 81.5 Å². The predicted octanol–water partition coefficient (Wildman–Crippen LogP) is 7.51. The third-order valence-electron chi connectivity index (χ3n) is 12.1. The molecule has 0 saturated carbocycles. The number of carbonyl (C=O) groups is 3. The number of piperidine rings is 2. The predicted molar refractivity (Wildman–Crippen MR) is 203 cm³/mol. The molecule has 3 aromatic carbocycles. The minimum Gasteiger partial charge on any atom is -0.339 e. The maximum absolute atomic E-state index is 13.9. The fraction of sp³-hybridized carbons (Fsp3) is 0.500. The van der Waals surface area contributed by atoms with Crippen molar-refractivity contribution in [1.29, 1.82) is 0 Å². The van der Waals surface area contributed by atoms with E-state index in [9.17, 15) is 40.7 Å². The molecule has 0 N–H and O–H groups in total. The number of hydrogen-bond acceptors (Lipinski definition) is 5. The van der Waals surface area contributed by atoms with Crippen molar-refractivity contribution in [2.75, 3.05) is 52.4 Å². The summed E-state index contributed by atoms with van der Waals surface area (Å²) in [7, 11) is 0. The Morgan fingerprint density at radius 2 is 1.26 bits per heavy atom. The van der Waals surface area contributed by atoms with Crippen LogP contribution in [-0.2, 0) is 23.6 Å². The molecule has 306 valence electrons.